The van der Waals surface area contributed by atoms with E-state index in [0.717, 1.165) is 93.3 Å². The maximum absolute atomic E-state index is 13.0. The van der Waals surface area contributed by atoms with Crippen LogP contribution in [-0.2, 0) is 13.1 Å². The first-order valence-electron chi connectivity index (χ1n) is 19.9. The van der Waals surface area contributed by atoms with Crippen molar-refractivity contribution in [2.75, 3.05) is 39.4 Å². The standard InChI is InChI=1S/C22H25BrN4O2.C22H25FN4O2/c1-15(2)14-28-19-5-3-4-16(10-19)12-27-9-7-17(13-27)21-25-22(29-26-21)20-11-18(23)6-8-24-20;1-15(2)14-28-19-5-3-4-16(10-19)12-27-9-8-17(13-27)21-25-22(29-26-21)20-7-6-18(23)11-24-20/h3-6,8,10-11,15,17H,7,9,12-14H2,1-2H3;3-7,10-11,15,17H,8-9,12-14H2,1-2H3. The first-order valence-corrected chi connectivity index (χ1v) is 20.7. The van der Waals surface area contributed by atoms with Gasteiger partial charge < -0.3 is 18.5 Å². The zero-order valence-corrected chi connectivity index (χ0v) is 35.0. The van der Waals surface area contributed by atoms with Gasteiger partial charge in [0.2, 0.25) is 0 Å². The summed E-state index contributed by atoms with van der Waals surface area (Å²) in [4.78, 5) is 22.2. The van der Waals surface area contributed by atoms with E-state index in [4.69, 9.17) is 18.5 Å². The molecule has 2 fully saturated rings. The second-order valence-electron chi connectivity index (χ2n) is 15.8. The summed E-state index contributed by atoms with van der Waals surface area (Å²) in [5.41, 5.74) is 3.67. The molecule has 304 valence electrons. The third-order valence-electron chi connectivity index (χ3n) is 9.82. The van der Waals surface area contributed by atoms with E-state index in [2.05, 4.69) is 114 Å². The monoisotopic (exact) mass is 852 g/mol. The minimum absolute atomic E-state index is 0.216. The van der Waals surface area contributed by atoms with Crippen molar-refractivity contribution in [3.8, 4) is 34.7 Å². The quantitative estimate of drug-likeness (QED) is 0.104. The second-order valence-corrected chi connectivity index (χ2v) is 16.7. The van der Waals surface area contributed by atoms with Gasteiger partial charge in [0.15, 0.2) is 11.6 Å². The average Bonchev–Trinajstić information content (AvgIpc) is 4.06. The molecule has 12 nitrogen and oxygen atoms in total. The van der Waals surface area contributed by atoms with Gasteiger partial charge in [0.05, 0.1) is 19.4 Å². The number of pyridine rings is 2. The van der Waals surface area contributed by atoms with Crippen molar-refractivity contribution in [1.29, 1.82) is 0 Å². The molecule has 2 unspecified atom stereocenters. The van der Waals surface area contributed by atoms with E-state index in [1.807, 2.05) is 30.3 Å². The maximum Gasteiger partial charge on any atom is 0.276 e. The lowest BCUT2D eigenvalue weighted by molar-refractivity contribution is 0.269. The predicted molar refractivity (Wildman–Crippen MR) is 222 cm³/mol. The van der Waals surface area contributed by atoms with Crippen molar-refractivity contribution in [3.05, 3.63) is 118 Å². The normalized spacial score (nSPS) is 17.2. The van der Waals surface area contributed by atoms with Gasteiger partial charge in [-0.15, -0.1) is 0 Å². The lowest BCUT2D eigenvalue weighted by atomic mass is 10.1. The topological polar surface area (TPSA) is 129 Å². The summed E-state index contributed by atoms with van der Waals surface area (Å²) < 4.78 is 36.5. The van der Waals surface area contributed by atoms with Crippen molar-refractivity contribution in [2.24, 2.45) is 11.8 Å². The fraction of sp³-hybridized carbons (Fsp3) is 0.409. The van der Waals surface area contributed by atoms with Gasteiger partial charge in [0.1, 0.15) is 28.7 Å². The van der Waals surface area contributed by atoms with E-state index >= 15 is 0 Å². The summed E-state index contributed by atoms with van der Waals surface area (Å²) in [6.07, 6.45) is 4.86. The zero-order chi connectivity index (χ0) is 40.4. The molecule has 0 aliphatic carbocycles. The van der Waals surface area contributed by atoms with Crippen molar-refractivity contribution in [2.45, 2.75) is 65.5 Å². The lowest BCUT2D eigenvalue weighted by Gasteiger charge is -2.16. The minimum atomic E-state index is -0.390. The number of ether oxygens (including phenoxy) is 2. The molecule has 4 aromatic heterocycles. The first kappa shape index (κ1) is 41.1. The lowest BCUT2D eigenvalue weighted by Crippen LogP contribution is -2.20. The summed E-state index contributed by atoms with van der Waals surface area (Å²) in [6.45, 7) is 15.6. The fourth-order valence-electron chi connectivity index (χ4n) is 6.92. The Morgan fingerprint density at radius 2 is 1.26 bits per heavy atom. The molecule has 2 aliphatic rings. The zero-order valence-electron chi connectivity index (χ0n) is 33.4. The van der Waals surface area contributed by atoms with E-state index in [0.29, 0.717) is 40.8 Å². The van der Waals surface area contributed by atoms with Crippen molar-refractivity contribution < 1.29 is 22.9 Å². The molecule has 2 aliphatic heterocycles. The van der Waals surface area contributed by atoms with Crippen LogP contribution in [0.1, 0.15) is 75.1 Å². The highest BCUT2D eigenvalue weighted by Crippen LogP contribution is 2.30. The molecule has 0 spiro atoms. The molecule has 0 amide bonds. The molecule has 2 aromatic carbocycles. The Kier molecular flexibility index (Phi) is 13.9. The maximum atomic E-state index is 13.0. The number of benzene rings is 2. The Morgan fingerprint density at radius 3 is 1.76 bits per heavy atom. The van der Waals surface area contributed by atoms with Crippen LogP contribution in [0.5, 0.6) is 11.5 Å². The van der Waals surface area contributed by atoms with E-state index in [9.17, 15) is 4.39 Å². The van der Waals surface area contributed by atoms with Crippen LogP contribution in [0.2, 0.25) is 0 Å². The summed E-state index contributed by atoms with van der Waals surface area (Å²) in [5.74, 6) is 5.22. The van der Waals surface area contributed by atoms with Crippen molar-refractivity contribution in [3.63, 3.8) is 0 Å². The van der Waals surface area contributed by atoms with Gasteiger partial charge in [-0.2, -0.15) is 9.97 Å². The Hall–Kier alpha value is -5.05. The van der Waals surface area contributed by atoms with Gasteiger partial charge in [-0.3, -0.25) is 14.8 Å². The van der Waals surface area contributed by atoms with E-state index in [1.165, 1.54) is 17.2 Å². The highest BCUT2D eigenvalue weighted by Gasteiger charge is 2.29. The summed E-state index contributed by atoms with van der Waals surface area (Å²) in [6, 6.07) is 23.3. The molecule has 0 bridgehead atoms. The molecule has 6 heterocycles. The first-order chi connectivity index (χ1) is 28.1. The number of aromatic nitrogens is 6. The van der Waals surface area contributed by atoms with Gasteiger partial charge in [0.25, 0.3) is 11.8 Å². The molecule has 2 saturated heterocycles. The van der Waals surface area contributed by atoms with Gasteiger partial charge in [-0.05, 0) is 97.4 Å². The fourth-order valence-corrected chi connectivity index (χ4v) is 7.25. The van der Waals surface area contributed by atoms with Crippen LogP contribution >= 0.6 is 15.9 Å². The van der Waals surface area contributed by atoms with Gasteiger partial charge in [-0.1, -0.05) is 78.2 Å². The summed E-state index contributed by atoms with van der Waals surface area (Å²) >= 11 is 3.45. The van der Waals surface area contributed by atoms with Crippen LogP contribution in [0.3, 0.4) is 0 Å². The molecule has 58 heavy (non-hydrogen) atoms. The van der Waals surface area contributed by atoms with E-state index in [1.54, 1.807) is 12.3 Å². The van der Waals surface area contributed by atoms with Crippen LogP contribution in [-0.4, -0.2) is 79.4 Å². The Bertz CT molecular complexity index is 2210. The smallest absolute Gasteiger partial charge is 0.276 e. The van der Waals surface area contributed by atoms with Crippen LogP contribution in [0.4, 0.5) is 4.39 Å². The number of hydrogen-bond acceptors (Lipinski definition) is 12. The second kappa shape index (κ2) is 19.6. The molecule has 6 aromatic rings. The highest BCUT2D eigenvalue weighted by atomic mass is 79.9. The summed E-state index contributed by atoms with van der Waals surface area (Å²) in [5, 5.41) is 8.34. The Labute approximate surface area is 347 Å². The Balaban J connectivity index is 0.000000177. The Morgan fingerprint density at radius 1 is 0.707 bits per heavy atom. The molecular formula is C44H50BrFN8O4. The van der Waals surface area contributed by atoms with Crippen molar-refractivity contribution in [1.82, 2.24) is 40.0 Å². The van der Waals surface area contributed by atoms with Crippen LogP contribution in [0, 0.1) is 17.7 Å². The summed E-state index contributed by atoms with van der Waals surface area (Å²) in [7, 11) is 0. The number of halogens is 2. The minimum Gasteiger partial charge on any atom is -0.493 e. The van der Waals surface area contributed by atoms with Gasteiger partial charge in [-0.25, -0.2) is 9.37 Å². The SMILES string of the molecule is CC(C)COc1cccc(CN2CCC(c3noc(-c4cc(Br)ccn4)n3)C2)c1.CC(C)COc1cccc(CN2CCC(c3noc(-c4ccc(F)cn4)n3)C2)c1. The van der Waals surface area contributed by atoms with Crippen LogP contribution in [0.15, 0.2) is 98.7 Å². The van der Waals surface area contributed by atoms with Gasteiger partial charge in [0, 0.05) is 48.7 Å². The third-order valence-corrected chi connectivity index (χ3v) is 10.3. The molecule has 14 heteroatoms. The van der Waals surface area contributed by atoms with Crippen LogP contribution in [0.25, 0.3) is 23.2 Å². The van der Waals surface area contributed by atoms with Crippen LogP contribution < -0.4 is 9.47 Å². The van der Waals surface area contributed by atoms with E-state index < -0.39 is 5.82 Å². The number of nitrogens with zero attached hydrogens (tertiary/aromatic N) is 8. The molecule has 8 rings (SSSR count). The number of rotatable bonds is 14. The van der Waals surface area contributed by atoms with Gasteiger partial charge >= 0.3 is 0 Å². The highest BCUT2D eigenvalue weighted by molar-refractivity contribution is 9.10. The molecule has 2 atom stereocenters. The molecular weight excluding hydrogens is 803 g/mol. The number of hydrogen-bond donors (Lipinski definition) is 0. The molecule has 0 N–H and O–H groups in total. The molecule has 0 radical (unpaired) electrons. The number of likely N-dealkylation sites (tertiary alicyclic amines) is 2. The van der Waals surface area contributed by atoms with Crippen molar-refractivity contribution >= 4 is 15.9 Å². The van der Waals surface area contributed by atoms with E-state index in [-0.39, 0.29) is 11.8 Å². The average molecular weight is 854 g/mol. The third kappa shape index (κ3) is 11.5. The molecule has 0 saturated carbocycles. The largest absolute Gasteiger partial charge is 0.493 e. The predicted octanol–water partition coefficient (Wildman–Crippen LogP) is 9.21.